The van der Waals surface area contributed by atoms with Crippen molar-refractivity contribution in [2.24, 2.45) is 0 Å². The van der Waals surface area contributed by atoms with Crippen molar-refractivity contribution in [3.8, 4) is 5.88 Å². The zero-order valence-electron chi connectivity index (χ0n) is 12.1. The Bertz CT molecular complexity index is 391. The van der Waals surface area contributed by atoms with Gasteiger partial charge in [0.2, 0.25) is 5.88 Å². The highest BCUT2D eigenvalue weighted by atomic mass is 16.5. The van der Waals surface area contributed by atoms with E-state index in [2.05, 4.69) is 27.1 Å². The molecule has 0 spiro atoms. The van der Waals surface area contributed by atoms with Crippen LogP contribution in [-0.4, -0.2) is 41.7 Å². The third-order valence-electron chi connectivity index (χ3n) is 3.27. The fourth-order valence-electron chi connectivity index (χ4n) is 2.35. The largest absolute Gasteiger partial charge is 0.474 e. The second-order valence-electron chi connectivity index (χ2n) is 5.21. The van der Waals surface area contributed by atoms with Gasteiger partial charge in [0.15, 0.2) is 5.82 Å². The summed E-state index contributed by atoms with van der Waals surface area (Å²) in [5, 5.41) is 3.52. The molecule has 1 atom stereocenters. The quantitative estimate of drug-likeness (QED) is 0.849. The van der Waals surface area contributed by atoms with Crippen LogP contribution in [0.2, 0.25) is 0 Å². The van der Waals surface area contributed by atoms with Crippen LogP contribution in [0.5, 0.6) is 5.88 Å². The molecule has 1 aliphatic heterocycles. The number of likely N-dealkylation sites (N-methyl/N-ethyl adjacent to an activating group) is 1. The smallest absolute Gasteiger partial charge is 0.234 e. The molecule has 0 radical (unpaired) electrons. The molecule has 1 aromatic rings. The predicted octanol–water partition coefficient (Wildman–Crippen LogP) is 1.84. The summed E-state index contributed by atoms with van der Waals surface area (Å²) in [6.07, 6.45) is 6.11. The van der Waals surface area contributed by atoms with E-state index in [1.807, 2.05) is 20.0 Å². The lowest BCUT2D eigenvalue weighted by molar-refractivity contribution is 0.231. The molecule has 1 unspecified atom stereocenters. The Labute approximate surface area is 115 Å². The summed E-state index contributed by atoms with van der Waals surface area (Å²) in [6, 6.07) is 0.566. The molecule has 5 heteroatoms. The first-order valence-corrected chi connectivity index (χ1v) is 7.16. The Morgan fingerprint density at radius 2 is 2.32 bits per heavy atom. The number of nitrogens with one attached hydrogen (secondary N) is 1. The predicted molar refractivity (Wildman–Crippen MR) is 76.7 cm³/mol. The first-order chi connectivity index (χ1) is 9.19. The maximum absolute atomic E-state index is 5.60. The molecule has 19 heavy (non-hydrogen) atoms. The second kappa shape index (κ2) is 6.70. The average molecular weight is 264 g/mol. The fraction of sp³-hybridized carbons (Fsp3) is 0.714. The number of nitrogens with zero attached hydrogens (tertiary/aromatic N) is 3. The summed E-state index contributed by atoms with van der Waals surface area (Å²) in [6.45, 7) is 9.17. The van der Waals surface area contributed by atoms with Gasteiger partial charge in [-0.25, -0.2) is 0 Å². The van der Waals surface area contributed by atoms with E-state index in [4.69, 9.17) is 4.74 Å². The van der Waals surface area contributed by atoms with Gasteiger partial charge in [-0.3, -0.25) is 4.98 Å². The second-order valence-corrected chi connectivity index (χ2v) is 5.21. The Hall–Kier alpha value is -1.36. The van der Waals surface area contributed by atoms with Crippen LogP contribution in [0.3, 0.4) is 0 Å². The van der Waals surface area contributed by atoms with Crippen molar-refractivity contribution in [1.82, 2.24) is 15.3 Å². The van der Waals surface area contributed by atoms with Gasteiger partial charge in [0.25, 0.3) is 0 Å². The van der Waals surface area contributed by atoms with Crippen molar-refractivity contribution in [2.45, 2.75) is 45.8 Å². The molecule has 0 amide bonds. The molecular weight excluding hydrogens is 240 g/mol. The number of hydrogen-bond acceptors (Lipinski definition) is 5. The third kappa shape index (κ3) is 4.06. The monoisotopic (exact) mass is 264 g/mol. The first kappa shape index (κ1) is 14.1. The summed E-state index contributed by atoms with van der Waals surface area (Å²) in [5.41, 5.74) is 0. The van der Waals surface area contributed by atoms with Crippen LogP contribution in [-0.2, 0) is 0 Å². The van der Waals surface area contributed by atoms with E-state index < -0.39 is 0 Å². The molecule has 1 N–H and O–H groups in total. The van der Waals surface area contributed by atoms with E-state index in [-0.39, 0.29) is 6.10 Å². The maximum atomic E-state index is 5.60. The molecule has 5 nitrogen and oxygen atoms in total. The van der Waals surface area contributed by atoms with Crippen molar-refractivity contribution < 1.29 is 4.74 Å². The highest BCUT2D eigenvalue weighted by Crippen LogP contribution is 2.17. The van der Waals surface area contributed by atoms with Crippen molar-refractivity contribution in [1.29, 1.82) is 0 Å². The Kier molecular flexibility index (Phi) is 4.96. The summed E-state index contributed by atoms with van der Waals surface area (Å²) in [4.78, 5) is 11.0. The van der Waals surface area contributed by atoms with E-state index in [0.717, 1.165) is 25.5 Å². The zero-order chi connectivity index (χ0) is 13.7. The molecule has 2 rings (SSSR count). The van der Waals surface area contributed by atoms with E-state index in [9.17, 15) is 0 Å². The highest BCUT2D eigenvalue weighted by molar-refractivity contribution is 5.37. The van der Waals surface area contributed by atoms with E-state index in [1.165, 1.54) is 12.8 Å². The minimum Gasteiger partial charge on any atom is -0.474 e. The summed E-state index contributed by atoms with van der Waals surface area (Å²) >= 11 is 0. The van der Waals surface area contributed by atoms with Crippen molar-refractivity contribution in [3.63, 3.8) is 0 Å². The first-order valence-electron chi connectivity index (χ1n) is 7.16. The number of aromatic nitrogens is 2. The topological polar surface area (TPSA) is 50.3 Å². The molecule has 106 valence electrons. The molecule has 0 aromatic carbocycles. The third-order valence-corrected chi connectivity index (χ3v) is 3.27. The Morgan fingerprint density at radius 1 is 1.47 bits per heavy atom. The molecule has 1 aromatic heterocycles. The van der Waals surface area contributed by atoms with Gasteiger partial charge in [-0.1, -0.05) is 0 Å². The van der Waals surface area contributed by atoms with Gasteiger partial charge >= 0.3 is 0 Å². The molecule has 1 aliphatic rings. The van der Waals surface area contributed by atoms with Crippen LogP contribution >= 0.6 is 0 Å². The van der Waals surface area contributed by atoms with Gasteiger partial charge in [0.1, 0.15) is 0 Å². The van der Waals surface area contributed by atoms with Gasteiger partial charge in [-0.15, -0.1) is 0 Å². The van der Waals surface area contributed by atoms with Crippen LogP contribution in [0.15, 0.2) is 12.4 Å². The SMILES string of the molecule is CCN(CC1CCCN1)c1cncc(OC(C)C)n1. The van der Waals surface area contributed by atoms with Crippen LogP contribution in [0.4, 0.5) is 5.82 Å². The van der Waals surface area contributed by atoms with E-state index >= 15 is 0 Å². The summed E-state index contributed by atoms with van der Waals surface area (Å²) in [7, 11) is 0. The van der Waals surface area contributed by atoms with Crippen LogP contribution in [0.1, 0.15) is 33.6 Å². The van der Waals surface area contributed by atoms with Crippen molar-refractivity contribution >= 4 is 5.82 Å². The highest BCUT2D eigenvalue weighted by Gasteiger charge is 2.18. The van der Waals surface area contributed by atoms with Crippen molar-refractivity contribution in [2.75, 3.05) is 24.5 Å². The van der Waals surface area contributed by atoms with E-state index in [0.29, 0.717) is 11.9 Å². The minimum absolute atomic E-state index is 0.121. The van der Waals surface area contributed by atoms with Gasteiger partial charge < -0.3 is 15.0 Å². The molecule has 2 heterocycles. The average Bonchev–Trinajstić information content (AvgIpc) is 2.88. The minimum atomic E-state index is 0.121. The standard InChI is InChI=1S/C14H24N4O/c1-4-18(10-12-6-5-7-16-12)13-8-15-9-14(17-13)19-11(2)3/h8-9,11-12,16H,4-7,10H2,1-3H3. The fourth-order valence-corrected chi connectivity index (χ4v) is 2.35. The number of rotatable bonds is 6. The van der Waals surface area contributed by atoms with Gasteiger partial charge in [0, 0.05) is 19.1 Å². The van der Waals surface area contributed by atoms with Gasteiger partial charge in [-0.2, -0.15) is 4.98 Å². The number of ether oxygens (including phenoxy) is 1. The summed E-state index contributed by atoms with van der Waals surface area (Å²) in [5.74, 6) is 1.50. The lowest BCUT2D eigenvalue weighted by atomic mass is 10.2. The molecule has 0 aliphatic carbocycles. The van der Waals surface area contributed by atoms with Gasteiger partial charge in [-0.05, 0) is 40.2 Å². The summed E-state index contributed by atoms with van der Waals surface area (Å²) < 4.78 is 5.60. The van der Waals surface area contributed by atoms with Crippen LogP contribution in [0, 0.1) is 0 Å². The normalized spacial score (nSPS) is 18.8. The van der Waals surface area contributed by atoms with Crippen LogP contribution < -0.4 is 15.0 Å². The number of anilines is 1. The maximum Gasteiger partial charge on any atom is 0.234 e. The Balaban J connectivity index is 2.04. The van der Waals surface area contributed by atoms with E-state index in [1.54, 1.807) is 6.20 Å². The van der Waals surface area contributed by atoms with Crippen LogP contribution in [0.25, 0.3) is 0 Å². The molecule has 1 fully saturated rings. The molecule has 0 saturated carbocycles. The molecule has 0 bridgehead atoms. The lowest BCUT2D eigenvalue weighted by Crippen LogP contribution is -2.38. The molecule has 1 saturated heterocycles. The molecular formula is C14H24N4O. The number of hydrogen-bond donors (Lipinski definition) is 1. The van der Waals surface area contributed by atoms with Gasteiger partial charge in [0.05, 0.1) is 18.5 Å². The Morgan fingerprint density at radius 3 is 2.95 bits per heavy atom. The van der Waals surface area contributed by atoms with Crippen molar-refractivity contribution in [3.05, 3.63) is 12.4 Å². The zero-order valence-corrected chi connectivity index (χ0v) is 12.1. The lowest BCUT2D eigenvalue weighted by Gasteiger charge is -2.25.